The molecule has 0 aliphatic carbocycles. The molecule has 2 amide bonds. The van der Waals surface area contributed by atoms with E-state index in [-0.39, 0.29) is 18.0 Å². The van der Waals surface area contributed by atoms with Crippen LogP contribution in [0.15, 0.2) is 23.0 Å². The van der Waals surface area contributed by atoms with E-state index >= 15 is 0 Å². The highest BCUT2D eigenvalue weighted by Gasteiger charge is 2.31. The number of aromatic nitrogens is 2. The lowest BCUT2D eigenvalue weighted by atomic mass is 10.1. The molecule has 1 unspecified atom stereocenters. The number of imide groups is 1. The lowest BCUT2D eigenvalue weighted by Crippen LogP contribution is -2.44. The minimum Gasteiger partial charge on any atom is -0.378 e. The number of benzene rings is 1. The van der Waals surface area contributed by atoms with Crippen LogP contribution >= 0.6 is 0 Å². The van der Waals surface area contributed by atoms with Gasteiger partial charge in [0.05, 0.1) is 23.7 Å². The quantitative estimate of drug-likeness (QED) is 0.735. The Bertz CT molecular complexity index is 955. The minimum atomic E-state index is -0.650. The lowest BCUT2D eigenvalue weighted by Gasteiger charge is -2.23. The summed E-state index contributed by atoms with van der Waals surface area (Å²) in [5.41, 5.74) is 2.35. The predicted molar refractivity (Wildman–Crippen MR) is 104 cm³/mol. The monoisotopic (exact) mass is 386 g/mol. The van der Waals surface area contributed by atoms with Crippen LogP contribution in [0.4, 0.5) is 0 Å². The molecule has 8 heteroatoms. The minimum absolute atomic E-state index is 0.241. The van der Waals surface area contributed by atoms with Gasteiger partial charge in [-0.15, -0.1) is 0 Å². The maximum Gasteiger partial charge on any atom is 0.329 e. The summed E-state index contributed by atoms with van der Waals surface area (Å²) in [6.45, 7) is 2.66. The van der Waals surface area contributed by atoms with Crippen molar-refractivity contribution in [1.29, 1.82) is 0 Å². The predicted octanol–water partition coefficient (Wildman–Crippen LogP) is 0.629. The van der Waals surface area contributed by atoms with Crippen LogP contribution in [0, 0.1) is 0 Å². The van der Waals surface area contributed by atoms with Gasteiger partial charge < -0.3 is 10.1 Å². The smallest absolute Gasteiger partial charge is 0.329 e. The number of carbonyl (C=O) groups is 2. The van der Waals surface area contributed by atoms with Gasteiger partial charge >= 0.3 is 5.69 Å². The molecular formula is C20H26N4O4. The van der Waals surface area contributed by atoms with Crippen LogP contribution in [0.1, 0.15) is 37.3 Å². The summed E-state index contributed by atoms with van der Waals surface area (Å²) in [6, 6.07) is 5.21. The number of aryl methyl sites for hydroxylation is 1. The number of imidazole rings is 1. The van der Waals surface area contributed by atoms with Crippen molar-refractivity contribution in [3.05, 3.63) is 34.2 Å². The molecule has 1 atom stereocenters. The lowest BCUT2D eigenvalue weighted by molar-refractivity contribution is -0.135. The molecule has 0 saturated carbocycles. The van der Waals surface area contributed by atoms with Crippen molar-refractivity contribution in [2.24, 2.45) is 7.05 Å². The summed E-state index contributed by atoms with van der Waals surface area (Å²) < 4.78 is 9.05. The number of rotatable bonds is 5. The molecule has 2 fully saturated rings. The Hall–Kier alpha value is -2.45. The number of ether oxygens (including phenoxy) is 1. The molecule has 1 aromatic heterocycles. The van der Waals surface area contributed by atoms with Gasteiger partial charge in [0.25, 0.3) is 0 Å². The molecule has 4 rings (SSSR count). The first kappa shape index (κ1) is 18.9. The fourth-order valence-corrected chi connectivity index (χ4v) is 4.10. The van der Waals surface area contributed by atoms with E-state index in [0.717, 1.165) is 43.4 Å². The zero-order valence-corrected chi connectivity index (χ0v) is 16.1. The van der Waals surface area contributed by atoms with Gasteiger partial charge in [0, 0.05) is 13.5 Å². The van der Waals surface area contributed by atoms with Gasteiger partial charge in [-0.25, -0.2) is 4.79 Å². The number of piperidine rings is 2. The SMILES string of the molecule is Cn1c(=O)n(C2CCC(=O)NC2=O)c2ccc(CCOC3CCNCC3)cc21. The number of nitrogens with zero attached hydrogens (tertiary/aromatic N) is 2. The van der Waals surface area contributed by atoms with E-state index < -0.39 is 11.9 Å². The zero-order chi connectivity index (χ0) is 19.7. The molecule has 0 bridgehead atoms. The third-order valence-electron chi connectivity index (χ3n) is 5.71. The molecular weight excluding hydrogens is 360 g/mol. The zero-order valence-electron chi connectivity index (χ0n) is 16.1. The molecule has 8 nitrogen and oxygen atoms in total. The van der Waals surface area contributed by atoms with Crippen molar-refractivity contribution in [1.82, 2.24) is 19.8 Å². The largest absolute Gasteiger partial charge is 0.378 e. The van der Waals surface area contributed by atoms with E-state index in [9.17, 15) is 14.4 Å². The fraction of sp³-hybridized carbons (Fsp3) is 0.550. The highest BCUT2D eigenvalue weighted by molar-refractivity contribution is 6.00. The first-order chi connectivity index (χ1) is 13.5. The number of fused-ring (bicyclic) bond motifs is 1. The number of amides is 2. The maximum absolute atomic E-state index is 12.8. The van der Waals surface area contributed by atoms with Crippen molar-refractivity contribution < 1.29 is 14.3 Å². The first-order valence-corrected chi connectivity index (χ1v) is 9.90. The van der Waals surface area contributed by atoms with Crippen molar-refractivity contribution in [2.45, 2.75) is 44.2 Å². The third kappa shape index (κ3) is 3.62. The van der Waals surface area contributed by atoms with Crippen molar-refractivity contribution in [2.75, 3.05) is 19.7 Å². The summed E-state index contributed by atoms with van der Waals surface area (Å²) in [5, 5.41) is 5.66. The van der Waals surface area contributed by atoms with Crippen molar-refractivity contribution in [3.63, 3.8) is 0 Å². The summed E-state index contributed by atoms with van der Waals surface area (Å²) in [4.78, 5) is 36.4. The number of carbonyl (C=O) groups excluding carboxylic acids is 2. The average molecular weight is 386 g/mol. The van der Waals surface area contributed by atoms with E-state index in [2.05, 4.69) is 10.6 Å². The van der Waals surface area contributed by atoms with Gasteiger partial charge in [-0.1, -0.05) is 6.07 Å². The normalized spacial score (nSPS) is 21.2. The summed E-state index contributed by atoms with van der Waals surface area (Å²) >= 11 is 0. The third-order valence-corrected chi connectivity index (χ3v) is 5.71. The van der Waals surface area contributed by atoms with Crippen LogP contribution < -0.4 is 16.3 Å². The van der Waals surface area contributed by atoms with E-state index in [0.29, 0.717) is 24.6 Å². The van der Waals surface area contributed by atoms with Gasteiger partial charge in [0.1, 0.15) is 6.04 Å². The summed E-state index contributed by atoms with van der Waals surface area (Å²) in [7, 11) is 1.71. The van der Waals surface area contributed by atoms with E-state index in [1.165, 1.54) is 4.57 Å². The molecule has 2 aliphatic rings. The Labute approximate surface area is 162 Å². The van der Waals surface area contributed by atoms with Crippen LogP contribution in [0.3, 0.4) is 0 Å². The molecule has 2 saturated heterocycles. The van der Waals surface area contributed by atoms with Crippen molar-refractivity contribution >= 4 is 22.8 Å². The molecule has 1 aromatic carbocycles. The van der Waals surface area contributed by atoms with Crippen molar-refractivity contribution in [3.8, 4) is 0 Å². The standard InChI is InChI=1S/C20H26N4O4/c1-23-17-12-13(8-11-28-14-6-9-21-10-7-14)2-3-15(17)24(20(23)27)16-4-5-18(25)22-19(16)26/h2-3,12,14,16,21H,4-11H2,1H3,(H,22,25,26). The number of hydrogen-bond donors (Lipinski definition) is 2. The first-order valence-electron chi connectivity index (χ1n) is 9.90. The molecule has 0 spiro atoms. The maximum atomic E-state index is 12.8. The Morgan fingerprint density at radius 1 is 1.11 bits per heavy atom. The second-order valence-corrected chi connectivity index (χ2v) is 7.57. The second-order valence-electron chi connectivity index (χ2n) is 7.57. The van der Waals surface area contributed by atoms with Crippen LogP contribution in [0.5, 0.6) is 0 Å². The summed E-state index contributed by atoms with van der Waals surface area (Å²) in [5.74, 6) is -0.698. The second kappa shape index (κ2) is 7.89. The van der Waals surface area contributed by atoms with E-state index in [4.69, 9.17) is 4.74 Å². The van der Waals surface area contributed by atoms with E-state index in [1.807, 2.05) is 18.2 Å². The molecule has 2 N–H and O–H groups in total. The highest BCUT2D eigenvalue weighted by Crippen LogP contribution is 2.24. The summed E-state index contributed by atoms with van der Waals surface area (Å²) in [6.07, 6.45) is 3.77. The Morgan fingerprint density at radius 3 is 2.64 bits per heavy atom. The molecule has 3 heterocycles. The van der Waals surface area contributed by atoms with Gasteiger partial charge in [-0.3, -0.25) is 24.0 Å². The molecule has 2 aromatic rings. The molecule has 0 radical (unpaired) electrons. The topological polar surface area (TPSA) is 94.4 Å². The van der Waals surface area contributed by atoms with Crippen LogP contribution in [0.2, 0.25) is 0 Å². The average Bonchev–Trinajstić information content (AvgIpc) is 2.94. The Morgan fingerprint density at radius 2 is 1.89 bits per heavy atom. The van der Waals surface area contributed by atoms with Crippen LogP contribution in [-0.4, -0.2) is 46.7 Å². The van der Waals surface area contributed by atoms with E-state index in [1.54, 1.807) is 11.6 Å². The van der Waals surface area contributed by atoms with Gasteiger partial charge in [-0.2, -0.15) is 0 Å². The van der Waals surface area contributed by atoms with Crippen LogP contribution in [-0.2, 0) is 27.8 Å². The number of nitrogens with one attached hydrogen (secondary N) is 2. The van der Waals surface area contributed by atoms with Crippen LogP contribution in [0.25, 0.3) is 11.0 Å². The highest BCUT2D eigenvalue weighted by atomic mass is 16.5. The Kier molecular flexibility index (Phi) is 5.32. The van der Waals surface area contributed by atoms with Gasteiger partial charge in [0.15, 0.2) is 0 Å². The molecule has 28 heavy (non-hydrogen) atoms. The fourth-order valence-electron chi connectivity index (χ4n) is 4.10. The van der Waals surface area contributed by atoms with Gasteiger partial charge in [0.2, 0.25) is 11.8 Å². The molecule has 150 valence electrons. The Balaban J connectivity index is 1.53. The molecule has 2 aliphatic heterocycles. The number of hydrogen-bond acceptors (Lipinski definition) is 5. The van der Waals surface area contributed by atoms with Gasteiger partial charge in [-0.05, 0) is 56.5 Å².